The fourth-order valence-electron chi connectivity index (χ4n) is 3.72. The van der Waals surface area contributed by atoms with Crippen molar-refractivity contribution in [2.45, 2.75) is 18.5 Å². The Morgan fingerprint density at radius 2 is 1.73 bits per heavy atom. The Hall–Kier alpha value is -3.24. The maximum Gasteiger partial charge on any atom is 0.238 e. The number of aromatic nitrogens is 4. The van der Waals surface area contributed by atoms with Gasteiger partial charge in [0.15, 0.2) is 0 Å². The average molecular weight is 466 g/mol. The number of benzene rings is 2. The molecule has 2 heterocycles. The van der Waals surface area contributed by atoms with Crippen molar-refractivity contribution in [2.24, 2.45) is 0 Å². The topological polar surface area (TPSA) is 96.2 Å². The van der Waals surface area contributed by atoms with Crippen molar-refractivity contribution in [1.29, 1.82) is 0 Å². The van der Waals surface area contributed by atoms with Crippen LogP contribution in [0, 0.1) is 0 Å². The maximum absolute atomic E-state index is 12.7. The zero-order chi connectivity index (χ0) is 23.0. The quantitative estimate of drug-likeness (QED) is 0.509. The van der Waals surface area contributed by atoms with Crippen molar-refractivity contribution in [2.75, 3.05) is 43.8 Å². The molecule has 172 valence electrons. The summed E-state index contributed by atoms with van der Waals surface area (Å²) in [4.78, 5) is 29.1. The first kappa shape index (κ1) is 22.9. The Morgan fingerprint density at radius 1 is 1.00 bits per heavy atom. The summed E-state index contributed by atoms with van der Waals surface area (Å²) in [6.45, 7) is 4.92. The van der Waals surface area contributed by atoms with Gasteiger partial charge in [0.2, 0.25) is 17.0 Å². The number of carbonyl (C=O) groups excluding carboxylic acids is 2. The molecule has 2 aromatic carbocycles. The molecule has 1 aliphatic heterocycles. The number of tetrazole rings is 1. The smallest absolute Gasteiger partial charge is 0.238 e. The molecule has 0 spiro atoms. The predicted octanol–water partition coefficient (Wildman–Crippen LogP) is 2.10. The molecule has 1 aromatic heterocycles. The lowest BCUT2D eigenvalue weighted by Gasteiger charge is -2.34. The normalized spacial score (nSPS) is 14.3. The van der Waals surface area contributed by atoms with Gasteiger partial charge in [-0.3, -0.25) is 14.5 Å². The van der Waals surface area contributed by atoms with Crippen molar-refractivity contribution in [1.82, 2.24) is 30.0 Å². The van der Waals surface area contributed by atoms with Crippen molar-refractivity contribution < 1.29 is 9.59 Å². The van der Waals surface area contributed by atoms with E-state index in [4.69, 9.17) is 0 Å². The van der Waals surface area contributed by atoms with E-state index < -0.39 is 0 Å². The SMILES string of the molecule is CCc1ccccc1NC(=O)CN1CCN(C(=O)CSc2nnnn2-c2ccccc2)CC1. The predicted molar refractivity (Wildman–Crippen MR) is 127 cm³/mol. The summed E-state index contributed by atoms with van der Waals surface area (Å²) in [6.07, 6.45) is 0.868. The second-order valence-corrected chi connectivity index (χ2v) is 8.66. The number of amides is 2. The largest absolute Gasteiger partial charge is 0.339 e. The van der Waals surface area contributed by atoms with Gasteiger partial charge in [-0.05, 0) is 40.6 Å². The van der Waals surface area contributed by atoms with E-state index in [2.05, 4.69) is 32.7 Å². The van der Waals surface area contributed by atoms with Crippen LogP contribution in [-0.4, -0.2) is 80.3 Å². The van der Waals surface area contributed by atoms with Crippen LogP contribution in [0.15, 0.2) is 59.8 Å². The van der Waals surface area contributed by atoms with Crippen molar-refractivity contribution in [3.8, 4) is 5.69 Å². The van der Waals surface area contributed by atoms with Crippen molar-refractivity contribution in [3.63, 3.8) is 0 Å². The van der Waals surface area contributed by atoms with Gasteiger partial charge in [-0.15, -0.1) is 5.10 Å². The summed E-state index contributed by atoms with van der Waals surface area (Å²) in [5.74, 6) is 0.282. The zero-order valence-corrected chi connectivity index (χ0v) is 19.4. The molecular formula is C23H27N7O2S. The molecular weight excluding hydrogens is 438 g/mol. The Kier molecular flexibility index (Phi) is 7.69. The fraction of sp³-hybridized carbons (Fsp3) is 0.348. The van der Waals surface area contributed by atoms with Crippen LogP contribution >= 0.6 is 11.8 Å². The second-order valence-electron chi connectivity index (χ2n) is 7.71. The Balaban J connectivity index is 1.23. The van der Waals surface area contributed by atoms with Gasteiger partial charge in [0.05, 0.1) is 18.0 Å². The van der Waals surface area contributed by atoms with Crippen LogP contribution < -0.4 is 5.32 Å². The highest BCUT2D eigenvalue weighted by Crippen LogP contribution is 2.19. The van der Waals surface area contributed by atoms with Gasteiger partial charge < -0.3 is 10.2 Å². The first-order valence-electron chi connectivity index (χ1n) is 11.0. The molecule has 1 N–H and O–H groups in total. The van der Waals surface area contributed by atoms with Crippen LogP contribution in [-0.2, 0) is 16.0 Å². The Morgan fingerprint density at radius 3 is 2.48 bits per heavy atom. The zero-order valence-electron chi connectivity index (χ0n) is 18.6. The van der Waals surface area contributed by atoms with E-state index in [1.54, 1.807) is 4.68 Å². The molecule has 1 aliphatic rings. The molecule has 0 radical (unpaired) electrons. The molecule has 2 amide bonds. The standard InChI is InChI=1S/C23H27N7O2S/c1-2-18-8-6-7-11-20(18)24-21(31)16-28-12-14-29(15-13-28)22(32)17-33-23-25-26-27-30(23)19-9-4-3-5-10-19/h3-11H,2,12-17H2,1H3,(H,24,31). The number of hydrogen-bond acceptors (Lipinski definition) is 7. The van der Waals surface area contributed by atoms with E-state index in [9.17, 15) is 9.59 Å². The van der Waals surface area contributed by atoms with E-state index in [1.807, 2.05) is 59.5 Å². The monoisotopic (exact) mass is 465 g/mol. The van der Waals surface area contributed by atoms with E-state index in [-0.39, 0.29) is 17.6 Å². The van der Waals surface area contributed by atoms with Gasteiger partial charge in [-0.25, -0.2) is 0 Å². The van der Waals surface area contributed by atoms with E-state index in [0.717, 1.165) is 23.4 Å². The Bertz CT molecular complexity index is 1080. The third-order valence-electron chi connectivity index (χ3n) is 5.53. The number of piperazine rings is 1. The van der Waals surface area contributed by atoms with Gasteiger partial charge >= 0.3 is 0 Å². The van der Waals surface area contributed by atoms with Crippen molar-refractivity contribution >= 4 is 29.3 Å². The maximum atomic E-state index is 12.7. The molecule has 1 saturated heterocycles. The number of aryl methyl sites for hydroxylation is 1. The minimum Gasteiger partial charge on any atom is -0.339 e. The highest BCUT2D eigenvalue weighted by atomic mass is 32.2. The number of nitrogens with one attached hydrogen (secondary N) is 1. The van der Waals surface area contributed by atoms with Crippen LogP contribution in [0.25, 0.3) is 5.69 Å². The molecule has 0 saturated carbocycles. The minimum absolute atomic E-state index is 0.0287. The minimum atomic E-state index is -0.0287. The molecule has 0 aliphatic carbocycles. The van der Waals surface area contributed by atoms with Crippen molar-refractivity contribution in [3.05, 3.63) is 60.2 Å². The summed E-state index contributed by atoms with van der Waals surface area (Å²) >= 11 is 1.32. The lowest BCUT2D eigenvalue weighted by molar-refractivity contribution is -0.130. The Labute approximate surface area is 197 Å². The number of hydrogen-bond donors (Lipinski definition) is 1. The van der Waals surface area contributed by atoms with Crippen LogP contribution in [0.1, 0.15) is 12.5 Å². The highest BCUT2D eigenvalue weighted by molar-refractivity contribution is 7.99. The van der Waals surface area contributed by atoms with Gasteiger partial charge in [0.1, 0.15) is 0 Å². The third-order valence-corrected chi connectivity index (χ3v) is 6.44. The highest BCUT2D eigenvalue weighted by Gasteiger charge is 2.23. The summed E-state index contributed by atoms with van der Waals surface area (Å²) < 4.78 is 1.63. The lowest BCUT2D eigenvalue weighted by atomic mass is 10.1. The first-order valence-corrected chi connectivity index (χ1v) is 12.0. The first-order chi connectivity index (χ1) is 16.1. The summed E-state index contributed by atoms with van der Waals surface area (Å²) in [5, 5.41) is 15.4. The number of para-hydroxylation sites is 2. The molecule has 1 fully saturated rings. The molecule has 0 unspecified atom stereocenters. The fourth-order valence-corrected chi connectivity index (χ4v) is 4.51. The van der Waals surface area contributed by atoms with E-state index >= 15 is 0 Å². The number of rotatable bonds is 8. The van der Waals surface area contributed by atoms with Crippen LogP contribution in [0.2, 0.25) is 0 Å². The number of anilines is 1. The van der Waals surface area contributed by atoms with Gasteiger partial charge in [0.25, 0.3) is 0 Å². The lowest BCUT2D eigenvalue weighted by Crippen LogP contribution is -2.50. The number of carbonyl (C=O) groups is 2. The number of nitrogens with zero attached hydrogens (tertiary/aromatic N) is 6. The van der Waals surface area contributed by atoms with E-state index in [1.165, 1.54) is 11.8 Å². The molecule has 9 nitrogen and oxygen atoms in total. The van der Waals surface area contributed by atoms with Gasteiger partial charge in [0, 0.05) is 31.9 Å². The molecule has 0 atom stereocenters. The van der Waals surface area contributed by atoms with Crippen LogP contribution in [0.5, 0.6) is 0 Å². The van der Waals surface area contributed by atoms with Crippen LogP contribution in [0.4, 0.5) is 5.69 Å². The summed E-state index contributed by atoms with van der Waals surface area (Å²) in [5.41, 5.74) is 2.84. The number of thioether (sulfide) groups is 1. The van der Waals surface area contributed by atoms with Gasteiger partial charge in [-0.2, -0.15) is 4.68 Å². The van der Waals surface area contributed by atoms with Crippen LogP contribution in [0.3, 0.4) is 0 Å². The summed E-state index contributed by atoms with van der Waals surface area (Å²) in [6, 6.07) is 17.4. The molecule has 33 heavy (non-hydrogen) atoms. The van der Waals surface area contributed by atoms with E-state index in [0.29, 0.717) is 37.9 Å². The average Bonchev–Trinajstić information content (AvgIpc) is 3.32. The molecule has 10 heteroatoms. The van der Waals surface area contributed by atoms with Gasteiger partial charge in [-0.1, -0.05) is 55.1 Å². The molecule has 0 bridgehead atoms. The molecule has 3 aromatic rings. The second kappa shape index (κ2) is 11.1. The third kappa shape index (κ3) is 5.96. The summed E-state index contributed by atoms with van der Waals surface area (Å²) in [7, 11) is 0. The molecule has 4 rings (SSSR count).